The Morgan fingerprint density at radius 1 is 1.21 bits per heavy atom. The van der Waals surface area contributed by atoms with Gasteiger partial charge < -0.3 is 5.32 Å². The van der Waals surface area contributed by atoms with Crippen LogP contribution < -0.4 is 5.32 Å². The maximum absolute atomic E-state index is 3.58. The summed E-state index contributed by atoms with van der Waals surface area (Å²) in [5.74, 6) is 0. The van der Waals surface area contributed by atoms with Gasteiger partial charge in [0.2, 0.25) is 0 Å². The summed E-state index contributed by atoms with van der Waals surface area (Å²) < 4.78 is 0. The lowest BCUT2D eigenvalue weighted by atomic mass is 9.88. The van der Waals surface area contributed by atoms with Crippen molar-refractivity contribution in [2.45, 2.75) is 18.9 Å². The van der Waals surface area contributed by atoms with Crippen molar-refractivity contribution in [3.05, 3.63) is 53.6 Å². The molecule has 1 nitrogen and oxygen atoms in total. The molecular formula is C13H13N. The van der Waals surface area contributed by atoms with Gasteiger partial charge in [-0.25, -0.2) is 0 Å². The van der Waals surface area contributed by atoms with E-state index < -0.39 is 0 Å². The summed E-state index contributed by atoms with van der Waals surface area (Å²) in [7, 11) is 0. The molecule has 0 spiro atoms. The molecule has 1 aromatic rings. The summed E-state index contributed by atoms with van der Waals surface area (Å²) in [6.07, 6.45) is 8.88. The number of nitrogens with one attached hydrogen (secondary N) is 1. The van der Waals surface area contributed by atoms with Gasteiger partial charge in [-0.15, -0.1) is 0 Å². The minimum Gasteiger partial charge on any atom is -0.378 e. The van der Waals surface area contributed by atoms with Crippen LogP contribution >= 0.6 is 0 Å². The Labute approximate surface area is 84.1 Å². The normalized spacial score (nSPS) is 23.1. The van der Waals surface area contributed by atoms with Gasteiger partial charge in [0, 0.05) is 5.69 Å². The summed E-state index contributed by atoms with van der Waals surface area (Å²) >= 11 is 0. The van der Waals surface area contributed by atoms with Gasteiger partial charge in [-0.3, -0.25) is 0 Å². The Hall–Kier alpha value is -1.50. The van der Waals surface area contributed by atoms with Crippen LogP contribution in [0, 0.1) is 0 Å². The maximum atomic E-state index is 3.58. The summed E-state index contributed by atoms with van der Waals surface area (Å²) in [5.41, 5.74) is 4.25. The zero-order valence-corrected chi connectivity index (χ0v) is 8.03. The fraction of sp³-hybridized carbons (Fsp3) is 0.231. The molecule has 14 heavy (non-hydrogen) atoms. The van der Waals surface area contributed by atoms with E-state index in [0.29, 0.717) is 6.04 Å². The molecule has 0 fully saturated rings. The summed E-state index contributed by atoms with van der Waals surface area (Å²) in [5, 5.41) is 3.58. The fourth-order valence-electron chi connectivity index (χ4n) is 2.23. The number of anilines is 1. The Bertz CT molecular complexity index is 415. The van der Waals surface area contributed by atoms with Gasteiger partial charge in [0.1, 0.15) is 0 Å². The molecule has 1 unspecified atom stereocenters. The predicted octanol–water partition coefficient (Wildman–Crippen LogP) is 2.91. The van der Waals surface area contributed by atoms with Crippen molar-refractivity contribution < 1.29 is 0 Å². The van der Waals surface area contributed by atoms with Gasteiger partial charge in [0.05, 0.1) is 6.04 Å². The summed E-state index contributed by atoms with van der Waals surface area (Å²) in [6, 6.07) is 9.12. The molecule has 1 heterocycles. The molecule has 0 saturated carbocycles. The molecule has 0 radical (unpaired) electrons. The SMILES string of the molecule is C1=CCC2Nc3ccccc3CC2=C1. The number of allylic oxidation sites excluding steroid dienone is 2. The fourth-order valence-corrected chi connectivity index (χ4v) is 2.23. The smallest absolute Gasteiger partial charge is 0.0514 e. The van der Waals surface area contributed by atoms with E-state index in [0.717, 1.165) is 12.8 Å². The van der Waals surface area contributed by atoms with Crippen molar-refractivity contribution in [1.29, 1.82) is 0 Å². The van der Waals surface area contributed by atoms with Crippen LogP contribution in [0.15, 0.2) is 48.1 Å². The van der Waals surface area contributed by atoms with E-state index in [-0.39, 0.29) is 0 Å². The highest BCUT2D eigenvalue weighted by Crippen LogP contribution is 2.30. The van der Waals surface area contributed by atoms with E-state index in [1.807, 2.05) is 0 Å². The largest absolute Gasteiger partial charge is 0.378 e. The van der Waals surface area contributed by atoms with Crippen LogP contribution in [0.25, 0.3) is 0 Å². The second-order valence-electron chi connectivity index (χ2n) is 3.94. The van der Waals surface area contributed by atoms with Gasteiger partial charge in [-0.05, 0) is 30.0 Å². The van der Waals surface area contributed by atoms with E-state index in [2.05, 4.69) is 47.8 Å². The van der Waals surface area contributed by atoms with Crippen LogP contribution in [0.1, 0.15) is 12.0 Å². The molecule has 2 aliphatic rings. The molecule has 0 amide bonds. The predicted molar refractivity (Wildman–Crippen MR) is 59.4 cm³/mol. The minimum absolute atomic E-state index is 0.537. The van der Waals surface area contributed by atoms with Gasteiger partial charge in [-0.2, -0.15) is 0 Å². The molecule has 1 aliphatic carbocycles. The van der Waals surface area contributed by atoms with Crippen LogP contribution in [0.2, 0.25) is 0 Å². The molecule has 0 saturated heterocycles. The van der Waals surface area contributed by atoms with E-state index in [4.69, 9.17) is 0 Å². The highest BCUT2D eigenvalue weighted by molar-refractivity contribution is 5.59. The van der Waals surface area contributed by atoms with Crippen LogP contribution in [0.4, 0.5) is 5.69 Å². The van der Waals surface area contributed by atoms with Crippen molar-refractivity contribution in [3.63, 3.8) is 0 Å². The Morgan fingerprint density at radius 3 is 3.14 bits per heavy atom. The van der Waals surface area contributed by atoms with E-state index in [1.165, 1.54) is 16.8 Å². The first-order valence-electron chi connectivity index (χ1n) is 5.13. The first-order valence-corrected chi connectivity index (χ1v) is 5.13. The third kappa shape index (κ3) is 1.17. The van der Waals surface area contributed by atoms with Crippen LogP contribution in [-0.2, 0) is 6.42 Å². The van der Waals surface area contributed by atoms with Crippen molar-refractivity contribution in [2.24, 2.45) is 0 Å². The number of hydrogen-bond acceptors (Lipinski definition) is 1. The van der Waals surface area contributed by atoms with Crippen molar-refractivity contribution in [1.82, 2.24) is 0 Å². The second kappa shape index (κ2) is 3.02. The van der Waals surface area contributed by atoms with Gasteiger partial charge in [0.25, 0.3) is 0 Å². The monoisotopic (exact) mass is 183 g/mol. The Balaban J connectivity index is 2.03. The molecule has 0 bridgehead atoms. The standard InChI is InChI=1S/C13H13N/c1-3-7-12-10(5-1)9-11-6-2-4-8-13(11)14-12/h1-7,13-14H,8-9H2. The highest BCUT2D eigenvalue weighted by Gasteiger charge is 2.21. The number of benzene rings is 1. The topological polar surface area (TPSA) is 12.0 Å². The maximum Gasteiger partial charge on any atom is 0.0514 e. The number of para-hydroxylation sites is 1. The molecule has 1 atom stereocenters. The van der Waals surface area contributed by atoms with Gasteiger partial charge in [0.15, 0.2) is 0 Å². The quantitative estimate of drug-likeness (QED) is 0.652. The molecule has 1 aliphatic heterocycles. The molecule has 0 aromatic heterocycles. The van der Waals surface area contributed by atoms with E-state index >= 15 is 0 Å². The lowest BCUT2D eigenvalue weighted by Gasteiger charge is -2.30. The van der Waals surface area contributed by atoms with Crippen LogP contribution in [0.5, 0.6) is 0 Å². The molecule has 70 valence electrons. The molecule has 1 N–H and O–H groups in total. The van der Waals surface area contributed by atoms with Gasteiger partial charge >= 0.3 is 0 Å². The first-order chi connectivity index (χ1) is 6.93. The van der Waals surface area contributed by atoms with Crippen molar-refractivity contribution in [2.75, 3.05) is 5.32 Å². The average Bonchev–Trinajstić information content (AvgIpc) is 2.26. The van der Waals surface area contributed by atoms with Crippen LogP contribution in [-0.4, -0.2) is 6.04 Å². The molecule has 1 aromatic carbocycles. The molecule has 1 heteroatoms. The lowest BCUT2D eigenvalue weighted by molar-refractivity contribution is 0.774. The number of fused-ring (bicyclic) bond motifs is 2. The molecular weight excluding hydrogens is 170 g/mol. The zero-order valence-electron chi connectivity index (χ0n) is 8.03. The van der Waals surface area contributed by atoms with Crippen molar-refractivity contribution >= 4 is 5.69 Å². The zero-order chi connectivity index (χ0) is 9.38. The Kier molecular flexibility index (Phi) is 1.69. The average molecular weight is 183 g/mol. The highest BCUT2D eigenvalue weighted by atomic mass is 14.9. The third-order valence-corrected chi connectivity index (χ3v) is 3.01. The summed E-state index contributed by atoms with van der Waals surface area (Å²) in [6.45, 7) is 0. The third-order valence-electron chi connectivity index (χ3n) is 3.01. The van der Waals surface area contributed by atoms with Crippen LogP contribution in [0.3, 0.4) is 0 Å². The lowest BCUT2D eigenvalue weighted by Crippen LogP contribution is -2.28. The Morgan fingerprint density at radius 2 is 2.14 bits per heavy atom. The van der Waals surface area contributed by atoms with Gasteiger partial charge in [-0.1, -0.05) is 36.4 Å². The molecule has 3 rings (SSSR count). The summed E-state index contributed by atoms with van der Waals surface area (Å²) in [4.78, 5) is 0. The van der Waals surface area contributed by atoms with E-state index in [9.17, 15) is 0 Å². The number of hydrogen-bond donors (Lipinski definition) is 1. The van der Waals surface area contributed by atoms with E-state index in [1.54, 1.807) is 0 Å². The number of rotatable bonds is 0. The second-order valence-corrected chi connectivity index (χ2v) is 3.94. The minimum atomic E-state index is 0.537. The van der Waals surface area contributed by atoms with Crippen molar-refractivity contribution in [3.8, 4) is 0 Å². The first kappa shape index (κ1) is 7.86.